The molecule has 2 aromatic carbocycles. The Labute approximate surface area is 172 Å². The molecule has 0 atom stereocenters. The minimum absolute atomic E-state index is 0.114. The van der Waals surface area contributed by atoms with Gasteiger partial charge >= 0.3 is 0 Å². The molecule has 0 unspecified atom stereocenters. The molecule has 0 spiro atoms. The van der Waals surface area contributed by atoms with Gasteiger partial charge in [0.05, 0.1) is 18.0 Å². The van der Waals surface area contributed by atoms with Gasteiger partial charge in [0, 0.05) is 5.69 Å². The quantitative estimate of drug-likeness (QED) is 0.481. The van der Waals surface area contributed by atoms with Crippen molar-refractivity contribution in [1.82, 2.24) is 10.2 Å². The number of hydrogen-bond acceptors (Lipinski definition) is 7. The summed E-state index contributed by atoms with van der Waals surface area (Å²) in [6.45, 7) is 4.58. The first-order valence-corrected chi connectivity index (χ1v) is 10.8. The molecule has 6 nitrogen and oxygen atoms in total. The maximum atomic E-state index is 12.3. The number of carbonyl (C=O) groups is 1. The number of benzene rings is 2. The number of carbonyl (C=O) groups excluding carboxylic acids is 1. The highest BCUT2D eigenvalue weighted by Gasteiger charge is 2.11. The zero-order valence-corrected chi connectivity index (χ0v) is 17.4. The van der Waals surface area contributed by atoms with Crippen molar-refractivity contribution in [2.45, 2.75) is 24.6 Å². The van der Waals surface area contributed by atoms with E-state index in [-0.39, 0.29) is 11.7 Å². The van der Waals surface area contributed by atoms with Crippen LogP contribution in [0.3, 0.4) is 0 Å². The predicted octanol–water partition coefficient (Wildman–Crippen LogP) is 4.97. The van der Waals surface area contributed by atoms with E-state index in [2.05, 4.69) is 39.9 Å². The van der Waals surface area contributed by atoms with E-state index in [9.17, 15) is 4.79 Å². The molecule has 3 aromatic rings. The Morgan fingerprint density at radius 2 is 1.89 bits per heavy atom. The van der Waals surface area contributed by atoms with E-state index in [1.807, 2.05) is 43.3 Å². The van der Waals surface area contributed by atoms with Gasteiger partial charge in [-0.2, -0.15) is 0 Å². The van der Waals surface area contributed by atoms with Crippen molar-refractivity contribution < 1.29 is 9.53 Å². The number of nitrogens with zero attached hydrogens (tertiary/aromatic N) is 2. The van der Waals surface area contributed by atoms with Gasteiger partial charge in [-0.3, -0.25) is 4.79 Å². The molecule has 0 aliphatic heterocycles. The average molecular weight is 415 g/mol. The third kappa shape index (κ3) is 5.71. The van der Waals surface area contributed by atoms with E-state index in [1.165, 1.54) is 28.7 Å². The third-order valence-electron chi connectivity index (χ3n) is 3.81. The van der Waals surface area contributed by atoms with Crippen molar-refractivity contribution in [2.75, 3.05) is 23.0 Å². The molecule has 1 heterocycles. The van der Waals surface area contributed by atoms with Crippen molar-refractivity contribution in [3.05, 3.63) is 54.1 Å². The molecule has 0 bridgehead atoms. The summed E-state index contributed by atoms with van der Waals surface area (Å²) in [5, 5.41) is 15.1. The Morgan fingerprint density at radius 1 is 1.11 bits per heavy atom. The molecule has 1 aromatic heterocycles. The first-order chi connectivity index (χ1) is 13.7. The summed E-state index contributed by atoms with van der Waals surface area (Å²) >= 11 is 2.78. The zero-order valence-electron chi connectivity index (χ0n) is 15.8. The van der Waals surface area contributed by atoms with Gasteiger partial charge < -0.3 is 15.4 Å². The van der Waals surface area contributed by atoms with E-state index in [4.69, 9.17) is 4.74 Å². The third-order valence-corrected chi connectivity index (χ3v) is 5.78. The van der Waals surface area contributed by atoms with Crippen LogP contribution < -0.4 is 15.4 Å². The smallest absolute Gasteiger partial charge is 0.234 e. The zero-order chi connectivity index (χ0) is 19.8. The van der Waals surface area contributed by atoms with Gasteiger partial charge in [0.1, 0.15) is 5.75 Å². The molecule has 28 heavy (non-hydrogen) atoms. The number of aryl methyl sites for hydroxylation is 1. The van der Waals surface area contributed by atoms with Crippen molar-refractivity contribution in [2.24, 2.45) is 0 Å². The van der Waals surface area contributed by atoms with Crippen molar-refractivity contribution in [3.8, 4) is 5.75 Å². The largest absolute Gasteiger partial charge is 0.492 e. The lowest BCUT2D eigenvalue weighted by atomic mass is 10.1. The number of rotatable bonds is 9. The number of amides is 1. The van der Waals surface area contributed by atoms with Crippen LogP contribution in [0.25, 0.3) is 0 Å². The Hall–Kier alpha value is -2.58. The Morgan fingerprint density at radius 3 is 2.64 bits per heavy atom. The molecular weight excluding hydrogens is 392 g/mol. The fourth-order valence-electron chi connectivity index (χ4n) is 2.43. The van der Waals surface area contributed by atoms with Crippen LogP contribution in [0.1, 0.15) is 19.4 Å². The molecule has 0 fully saturated rings. The van der Waals surface area contributed by atoms with Crippen LogP contribution in [-0.4, -0.2) is 28.5 Å². The summed E-state index contributed by atoms with van der Waals surface area (Å²) in [5.41, 5.74) is 2.93. The summed E-state index contributed by atoms with van der Waals surface area (Å²) in [4.78, 5) is 12.3. The minimum Gasteiger partial charge on any atom is -0.492 e. The van der Waals surface area contributed by atoms with E-state index in [0.29, 0.717) is 23.2 Å². The summed E-state index contributed by atoms with van der Waals surface area (Å²) in [7, 11) is 0. The highest BCUT2D eigenvalue weighted by Crippen LogP contribution is 2.28. The second-order valence-electron chi connectivity index (χ2n) is 5.81. The monoisotopic (exact) mass is 414 g/mol. The highest BCUT2D eigenvalue weighted by atomic mass is 32.2. The number of nitrogens with one attached hydrogen (secondary N) is 2. The lowest BCUT2D eigenvalue weighted by Gasteiger charge is -2.10. The Kier molecular flexibility index (Phi) is 7.27. The van der Waals surface area contributed by atoms with Crippen molar-refractivity contribution in [3.63, 3.8) is 0 Å². The van der Waals surface area contributed by atoms with Crippen LogP contribution in [0.2, 0.25) is 0 Å². The normalized spacial score (nSPS) is 10.5. The van der Waals surface area contributed by atoms with Gasteiger partial charge in [-0.25, -0.2) is 0 Å². The van der Waals surface area contributed by atoms with E-state index >= 15 is 0 Å². The SMILES string of the molecule is CCOc1ccccc1NC(=O)CSc1nnc(Nc2ccc(CC)cc2)s1. The molecule has 3 rings (SSSR count). The van der Waals surface area contributed by atoms with Gasteiger partial charge in [-0.05, 0) is 43.2 Å². The second kappa shape index (κ2) is 10.1. The maximum Gasteiger partial charge on any atom is 0.234 e. The number of para-hydroxylation sites is 2. The Balaban J connectivity index is 1.52. The van der Waals surface area contributed by atoms with Crippen molar-refractivity contribution >= 4 is 45.5 Å². The van der Waals surface area contributed by atoms with E-state index in [1.54, 1.807) is 0 Å². The lowest BCUT2D eigenvalue weighted by molar-refractivity contribution is -0.113. The molecule has 0 radical (unpaired) electrons. The number of aromatic nitrogens is 2. The first kappa shape index (κ1) is 20.2. The van der Waals surface area contributed by atoms with Gasteiger partial charge in [-0.15, -0.1) is 10.2 Å². The van der Waals surface area contributed by atoms with Crippen molar-refractivity contribution in [1.29, 1.82) is 0 Å². The molecule has 1 amide bonds. The number of hydrogen-bond donors (Lipinski definition) is 2. The second-order valence-corrected chi connectivity index (χ2v) is 8.01. The standard InChI is InChI=1S/C20H22N4O2S2/c1-3-14-9-11-15(12-10-14)21-19-23-24-20(28-19)27-13-18(25)22-16-7-5-6-8-17(16)26-4-2/h5-12H,3-4,13H2,1-2H3,(H,21,23)(H,22,25). The van der Waals surface area contributed by atoms with Crippen LogP contribution in [-0.2, 0) is 11.2 Å². The van der Waals surface area contributed by atoms with Gasteiger partial charge in [0.15, 0.2) is 4.34 Å². The minimum atomic E-state index is -0.114. The summed E-state index contributed by atoms with van der Waals surface area (Å²) in [5.74, 6) is 0.803. The summed E-state index contributed by atoms with van der Waals surface area (Å²) in [6.07, 6.45) is 1.01. The lowest BCUT2D eigenvalue weighted by Crippen LogP contribution is -2.14. The van der Waals surface area contributed by atoms with E-state index in [0.717, 1.165) is 16.4 Å². The van der Waals surface area contributed by atoms with Crippen LogP contribution >= 0.6 is 23.1 Å². The molecule has 0 saturated heterocycles. The van der Waals surface area contributed by atoms with Crippen LogP contribution in [0, 0.1) is 0 Å². The molecule has 2 N–H and O–H groups in total. The number of ether oxygens (including phenoxy) is 1. The molecule has 0 aliphatic carbocycles. The predicted molar refractivity (Wildman–Crippen MR) is 116 cm³/mol. The van der Waals surface area contributed by atoms with E-state index < -0.39 is 0 Å². The summed E-state index contributed by atoms with van der Waals surface area (Å²) < 4.78 is 6.26. The van der Waals surface area contributed by atoms with Gasteiger partial charge in [-0.1, -0.05) is 54.3 Å². The van der Waals surface area contributed by atoms with Crippen LogP contribution in [0.4, 0.5) is 16.5 Å². The fourth-order valence-corrected chi connectivity index (χ4v) is 4.00. The average Bonchev–Trinajstić information content (AvgIpc) is 3.16. The summed E-state index contributed by atoms with van der Waals surface area (Å²) in [6, 6.07) is 15.6. The number of thioether (sulfide) groups is 1. The van der Waals surface area contributed by atoms with Crippen LogP contribution in [0.15, 0.2) is 52.9 Å². The van der Waals surface area contributed by atoms with Gasteiger partial charge in [0.2, 0.25) is 11.0 Å². The van der Waals surface area contributed by atoms with Crippen LogP contribution in [0.5, 0.6) is 5.75 Å². The maximum absolute atomic E-state index is 12.3. The number of anilines is 3. The fraction of sp³-hybridized carbons (Fsp3) is 0.250. The Bertz CT molecular complexity index is 913. The molecule has 0 saturated carbocycles. The molecule has 8 heteroatoms. The topological polar surface area (TPSA) is 76.1 Å². The first-order valence-electron chi connectivity index (χ1n) is 9.02. The highest BCUT2D eigenvalue weighted by molar-refractivity contribution is 8.01. The molecule has 146 valence electrons. The van der Waals surface area contributed by atoms with Gasteiger partial charge in [0.25, 0.3) is 0 Å². The molecule has 0 aliphatic rings. The molecular formula is C20H22N4O2S2.